The molecule has 2 atom stereocenters. The van der Waals surface area contributed by atoms with E-state index >= 15 is 0 Å². The Balaban J connectivity index is 1.58. The lowest BCUT2D eigenvalue weighted by atomic mass is 9.82. The molecule has 3 aromatic rings. The standard InChI is InChI=1S/C23H21NO3/c25-18-7-9-21-17(12-18)13-19(15-4-2-1-3-5-15)23(27-21)16-6-8-22-20(14-16)24-10-11-26-22/h1-9,12,14,19,23-25H,10-11,13H2. The zero-order valence-corrected chi connectivity index (χ0v) is 14.9. The van der Waals surface area contributed by atoms with Crippen LogP contribution in [0.1, 0.15) is 28.7 Å². The van der Waals surface area contributed by atoms with Crippen molar-refractivity contribution in [3.63, 3.8) is 0 Å². The van der Waals surface area contributed by atoms with E-state index in [0.717, 1.165) is 41.3 Å². The van der Waals surface area contributed by atoms with Gasteiger partial charge in [-0.15, -0.1) is 0 Å². The smallest absolute Gasteiger partial charge is 0.142 e. The van der Waals surface area contributed by atoms with Crippen molar-refractivity contribution in [2.45, 2.75) is 18.4 Å². The number of nitrogens with one attached hydrogen (secondary N) is 1. The van der Waals surface area contributed by atoms with Crippen molar-refractivity contribution >= 4 is 5.69 Å². The molecule has 2 aliphatic heterocycles. The van der Waals surface area contributed by atoms with Gasteiger partial charge in [-0.3, -0.25) is 0 Å². The molecule has 0 amide bonds. The molecule has 0 saturated carbocycles. The molecule has 4 heteroatoms. The molecule has 0 saturated heterocycles. The van der Waals surface area contributed by atoms with Crippen molar-refractivity contribution in [1.29, 1.82) is 0 Å². The highest BCUT2D eigenvalue weighted by atomic mass is 16.5. The lowest BCUT2D eigenvalue weighted by Crippen LogP contribution is -2.25. The van der Waals surface area contributed by atoms with Crippen LogP contribution in [0.5, 0.6) is 17.2 Å². The number of phenols is 1. The third-order valence-electron chi connectivity index (χ3n) is 5.34. The Morgan fingerprint density at radius 2 is 1.74 bits per heavy atom. The Bertz CT molecular complexity index is 971. The number of ether oxygens (including phenoxy) is 2. The second-order valence-corrected chi connectivity index (χ2v) is 7.08. The van der Waals surface area contributed by atoms with Gasteiger partial charge >= 0.3 is 0 Å². The first-order valence-corrected chi connectivity index (χ1v) is 9.32. The number of rotatable bonds is 2. The topological polar surface area (TPSA) is 50.7 Å². The van der Waals surface area contributed by atoms with E-state index in [1.165, 1.54) is 5.56 Å². The highest BCUT2D eigenvalue weighted by Crippen LogP contribution is 2.46. The van der Waals surface area contributed by atoms with Gasteiger partial charge in [-0.05, 0) is 53.4 Å². The molecule has 2 N–H and O–H groups in total. The van der Waals surface area contributed by atoms with Crippen molar-refractivity contribution in [2.24, 2.45) is 0 Å². The molecule has 27 heavy (non-hydrogen) atoms. The maximum Gasteiger partial charge on any atom is 0.142 e. The minimum atomic E-state index is -0.0986. The van der Waals surface area contributed by atoms with Crippen LogP contribution in [0.15, 0.2) is 66.7 Å². The zero-order valence-electron chi connectivity index (χ0n) is 14.9. The van der Waals surface area contributed by atoms with E-state index in [0.29, 0.717) is 6.61 Å². The van der Waals surface area contributed by atoms with Gasteiger partial charge in [-0.1, -0.05) is 36.4 Å². The maximum atomic E-state index is 9.88. The lowest BCUT2D eigenvalue weighted by molar-refractivity contribution is 0.151. The Hall–Kier alpha value is -3.14. The van der Waals surface area contributed by atoms with Crippen molar-refractivity contribution in [3.05, 3.63) is 83.4 Å². The van der Waals surface area contributed by atoms with Gasteiger partial charge in [0.1, 0.15) is 30.0 Å². The Labute approximate surface area is 158 Å². The van der Waals surface area contributed by atoms with Gasteiger partial charge < -0.3 is 19.9 Å². The lowest BCUT2D eigenvalue weighted by Gasteiger charge is -2.35. The van der Waals surface area contributed by atoms with E-state index < -0.39 is 0 Å². The summed E-state index contributed by atoms with van der Waals surface area (Å²) < 4.78 is 12.2. The number of hydrogen-bond donors (Lipinski definition) is 2. The van der Waals surface area contributed by atoms with Crippen LogP contribution in [-0.4, -0.2) is 18.3 Å². The largest absolute Gasteiger partial charge is 0.508 e. The van der Waals surface area contributed by atoms with E-state index in [1.807, 2.05) is 24.3 Å². The highest BCUT2D eigenvalue weighted by Gasteiger charge is 2.33. The van der Waals surface area contributed by atoms with Crippen LogP contribution in [0.25, 0.3) is 0 Å². The van der Waals surface area contributed by atoms with Gasteiger partial charge in [-0.25, -0.2) is 0 Å². The molecule has 0 bridgehead atoms. The van der Waals surface area contributed by atoms with Crippen LogP contribution >= 0.6 is 0 Å². The predicted octanol–water partition coefficient (Wildman–Crippen LogP) is 4.66. The van der Waals surface area contributed by atoms with Gasteiger partial charge in [0.05, 0.1) is 5.69 Å². The molecule has 136 valence electrons. The third kappa shape index (κ3) is 2.97. The monoisotopic (exact) mass is 359 g/mol. The molecule has 2 aliphatic rings. The molecular formula is C23H21NO3. The molecule has 0 aromatic heterocycles. The first-order valence-electron chi connectivity index (χ1n) is 9.32. The summed E-state index contributed by atoms with van der Waals surface area (Å²) in [4.78, 5) is 0. The van der Waals surface area contributed by atoms with E-state index in [-0.39, 0.29) is 17.8 Å². The zero-order chi connectivity index (χ0) is 18.2. The van der Waals surface area contributed by atoms with Crippen LogP contribution in [0, 0.1) is 0 Å². The van der Waals surface area contributed by atoms with Crippen LogP contribution in [0.2, 0.25) is 0 Å². The van der Waals surface area contributed by atoms with Crippen LogP contribution in [0.3, 0.4) is 0 Å². The molecule has 0 radical (unpaired) electrons. The summed E-state index contributed by atoms with van der Waals surface area (Å²) >= 11 is 0. The van der Waals surface area contributed by atoms with Crippen molar-refractivity contribution < 1.29 is 14.6 Å². The fourth-order valence-corrected chi connectivity index (χ4v) is 4.03. The van der Waals surface area contributed by atoms with Crippen molar-refractivity contribution in [2.75, 3.05) is 18.5 Å². The molecular weight excluding hydrogens is 338 g/mol. The number of benzene rings is 3. The Morgan fingerprint density at radius 1 is 0.889 bits per heavy atom. The Kier molecular flexibility index (Phi) is 3.89. The van der Waals surface area contributed by atoms with E-state index in [1.54, 1.807) is 6.07 Å². The van der Waals surface area contributed by atoms with Gasteiger partial charge in [0.2, 0.25) is 0 Å². The van der Waals surface area contributed by atoms with Gasteiger partial charge in [-0.2, -0.15) is 0 Å². The average molecular weight is 359 g/mol. The summed E-state index contributed by atoms with van der Waals surface area (Å²) in [6, 6.07) is 22.1. The molecule has 0 fully saturated rings. The second-order valence-electron chi connectivity index (χ2n) is 7.08. The normalized spacial score (nSPS) is 20.4. The third-order valence-corrected chi connectivity index (χ3v) is 5.34. The van der Waals surface area contributed by atoms with Gasteiger partial charge in [0, 0.05) is 12.5 Å². The number of aromatic hydroxyl groups is 1. The van der Waals surface area contributed by atoms with Crippen LogP contribution in [0.4, 0.5) is 5.69 Å². The van der Waals surface area contributed by atoms with Crippen molar-refractivity contribution in [3.8, 4) is 17.2 Å². The van der Waals surface area contributed by atoms with E-state index in [9.17, 15) is 5.11 Å². The van der Waals surface area contributed by atoms with E-state index in [2.05, 4.69) is 41.7 Å². The number of anilines is 1. The summed E-state index contributed by atoms with van der Waals surface area (Å²) in [5.41, 5.74) is 4.42. The molecule has 5 rings (SSSR count). The maximum absolute atomic E-state index is 9.88. The van der Waals surface area contributed by atoms with Crippen LogP contribution < -0.4 is 14.8 Å². The summed E-state index contributed by atoms with van der Waals surface area (Å²) in [7, 11) is 0. The molecule has 4 nitrogen and oxygen atoms in total. The summed E-state index contributed by atoms with van der Waals surface area (Å²) in [5.74, 6) is 2.18. The SMILES string of the molecule is Oc1ccc2c(c1)CC(c1ccccc1)C(c1ccc3c(c1)NCCO3)O2. The summed E-state index contributed by atoms with van der Waals surface area (Å²) in [6.45, 7) is 1.50. The minimum Gasteiger partial charge on any atom is -0.508 e. The summed E-state index contributed by atoms with van der Waals surface area (Å²) in [5, 5.41) is 13.3. The molecule has 0 aliphatic carbocycles. The fourth-order valence-electron chi connectivity index (χ4n) is 4.03. The van der Waals surface area contributed by atoms with Gasteiger partial charge in [0.15, 0.2) is 0 Å². The fraction of sp³-hybridized carbons (Fsp3) is 0.217. The average Bonchev–Trinajstić information content (AvgIpc) is 2.73. The second kappa shape index (κ2) is 6.54. The first-order chi connectivity index (χ1) is 13.3. The molecule has 3 aromatic carbocycles. The summed E-state index contributed by atoms with van der Waals surface area (Å²) in [6.07, 6.45) is 0.720. The number of hydrogen-bond acceptors (Lipinski definition) is 4. The predicted molar refractivity (Wildman–Crippen MR) is 105 cm³/mol. The highest BCUT2D eigenvalue weighted by molar-refractivity contribution is 5.60. The quantitative estimate of drug-likeness (QED) is 0.699. The molecule has 2 unspecified atom stereocenters. The molecule has 2 heterocycles. The van der Waals surface area contributed by atoms with Gasteiger partial charge in [0.25, 0.3) is 0 Å². The van der Waals surface area contributed by atoms with Crippen molar-refractivity contribution in [1.82, 2.24) is 0 Å². The van der Waals surface area contributed by atoms with Crippen LogP contribution in [-0.2, 0) is 6.42 Å². The Morgan fingerprint density at radius 3 is 2.63 bits per heavy atom. The number of fused-ring (bicyclic) bond motifs is 2. The minimum absolute atomic E-state index is 0.0986. The van der Waals surface area contributed by atoms with E-state index in [4.69, 9.17) is 9.47 Å². The first kappa shape index (κ1) is 16.1. The number of phenolic OH excluding ortho intramolecular Hbond substituents is 1. The molecule has 0 spiro atoms.